The molecule has 4 rings (SSSR count). The first-order valence-electron chi connectivity index (χ1n) is 9.87. The van der Waals surface area contributed by atoms with Gasteiger partial charge in [0, 0.05) is 5.92 Å². The first-order valence-corrected chi connectivity index (χ1v) is 10.4. The largest absolute Gasteiger partial charge is 0.272 e. The van der Waals surface area contributed by atoms with Crippen LogP contribution >= 0.6 is 11.6 Å². The van der Waals surface area contributed by atoms with Gasteiger partial charge in [0.15, 0.2) is 0 Å². The smallest absolute Gasteiger partial charge is 0.258 e. The molecule has 0 N–H and O–H groups in total. The van der Waals surface area contributed by atoms with E-state index in [-0.39, 0.29) is 23.7 Å². The number of carbonyl (C=O) groups excluding carboxylic acids is 1. The summed E-state index contributed by atoms with van der Waals surface area (Å²) in [7, 11) is 0. The highest BCUT2D eigenvalue weighted by atomic mass is 35.5. The van der Waals surface area contributed by atoms with Crippen molar-refractivity contribution in [1.82, 2.24) is 5.01 Å². The molecular weight excluding hydrogens is 368 g/mol. The normalized spacial score (nSPS) is 22.9. The maximum atomic E-state index is 12.6. The predicted octanol–water partition coefficient (Wildman–Crippen LogP) is 5.67. The minimum Gasteiger partial charge on any atom is -0.272 e. The van der Waals surface area contributed by atoms with Gasteiger partial charge in [-0.25, -0.2) is 5.01 Å². The molecule has 1 fully saturated rings. The van der Waals surface area contributed by atoms with Crippen molar-refractivity contribution in [3.63, 3.8) is 0 Å². The summed E-state index contributed by atoms with van der Waals surface area (Å²) in [6.45, 7) is 4.17. The minimum atomic E-state index is -0.135. The lowest BCUT2D eigenvalue weighted by Gasteiger charge is -2.29. The zero-order valence-electron chi connectivity index (χ0n) is 16.4. The van der Waals surface area contributed by atoms with Gasteiger partial charge in [-0.2, -0.15) is 5.10 Å². The molecule has 1 amide bonds. The standard InChI is InChI=1S/C24H25ClN2O/c1-16-6-10-18(11-7-16)14-20-4-3-5-21-23(20)26-27(22(28)15-25)24(21)19-12-8-17(2)9-13-19/h6-14,21,24H,3-5,15H2,1-2H3/b20-14+/t21-,24-/m0/s1. The van der Waals surface area contributed by atoms with Gasteiger partial charge in [-0.1, -0.05) is 59.7 Å². The second-order valence-electron chi connectivity index (χ2n) is 7.79. The van der Waals surface area contributed by atoms with Gasteiger partial charge in [0.25, 0.3) is 5.91 Å². The van der Waals surface area contributed by atoms with Crippen LogP contribution in [-0.2, 0) is 4.79 Å². The van der Waals surface area contributed by atoms with Gasteiger partial charge in [0.1, 0.15) is 5.88 Å². The molecule has 1 heterocycles. The summed E-state index contributed by atoms with van der Waals surface area (Å²) in [6.07, 6.45) is 5.36. The SMILES string of the molecule is Cc1ccc(/C=C2\CCC[C@H]3C2=NN(C(=O)CCl)[C@H]3c2ccc(C)cc2)cc1. The van der Waals surface area contributed by atoms with Gasteiger partial charge in [-0.15, -0.1) is 11.6 Å². The Morgan fingerprint density at radius 2 is 1.75 bits per heavy atom. The van der Waals surface area contributed by atoms with Crippen LogP contribution in [-0.4, -0.2) is 22.5 Å². The number of rotatable bonds is 3. The quantitative estimate of drug-likeness (QED) is 0.620. The Balaban J connectivity index is 1.73. The summed E-state index contributed by atoms with van der Waals surface area (Å²) in [6, 6.07) is 16.9. The van der Waals surface area contributed by atoms with Crippen LogP contribution in [0.1, 0.15) is 47.6 Å². The third-order valence-corrected chi connectivity index (χ3v) is 5.94. The third-order valence-electron chi connectivity index (χ3n) is 5.71. The van der Waals surface area contributed by atoms with Crippen molar-refractivity contribution >= 4 is 29.3 Å². The molecule has 0 unspecified atom stereocenters. The Morgan fingerprint density at radius 1 is 1.11 bits per heavy atom. The Kier molecular flexibility index (Phi) is 5.36. The third kappa shape index (κ3) is 3.64. The molecule has 1 aliphatic carbocycles. The first kappa shape index (κ1) is 18.9. The lowest BCUT2D eigenvalue weighted by molar-refractivity contribution is -0.130. The summed E-state index contributed by atoms with van der Waals surface area (Å²) in [5.74, 6) is 0.0345. The minimum absolute atomic E-state index is 0.0527. The van der Waals surface area contributed by atoms with Crippen molar-refractivity contribution in [1.29, 1.82) is 0 Å². The van der Waals surface area contributed by atoms with E-state index in [0.29, 0.717) is 0 Å². The highest BCUT2D eigenvalue weighted by Gasteiger charge is 2.43. The molecule has 2 aromatic carbocycles. The van der Waals surface area contributed by atoms with Crippen LogP contribution in [0, 0.1) is 19.8 Å². The van der Waals surface area contributed by atoms with E-state index in [1.54, 1.807) is 5.01 Å². The van der Waals surface area contributed by atoms with Gasteiger partial charge in [0.2, 0.25) is 0 Å². The average Bonchev–Trinajstić information content (AvgIpc) is 3.10. The lowest BCUT2D eigenvalue weighted by Crippen LogP contribution is -2.32. The molecule has 0 spiro atoms. The molecule has 2 aromatic rings. The topological polar surface area (TPSA) is 32.7 Å². The fraction of sp³-hybridized carbons (Fsp3) is 0.333. The second kappa shape index (κ2) is 7.92. The number of alkyl halides is 1. The van der Waals surface area contributed by atoms with Crippen LogP contribution in [0.2, 0.25) is 0 Å². The monoisotopic (exact) mass is 392 g/mol. The number of amides is 1. The van der Waals surface area contributed by atoms with E-state index in [9.17, 15) is 4.79 Å². The van der Waals surface area contributed by atoms with Crippen molar-refractivity contribution in [2.24, 2.45) is 11.0 Å². The summed E-state index contributed by atoms with van der Waals surface area (Å²) in [4.78, 5) is 12.6. The van der Waals surface area contributed by atoms with Gasteiger partial charge in [-0.05, 0) is 55.9 Å². The molecule has 2 aliphatic rings. The number of hydrogen-bond donors (Lipinski definition) is 0. The summed E-state index contributed by atoms with van der Waals surface area (Å²) in [5, 5.41) is 6.43. The first-order chi connectivity index (χ1) is 13.6. The van der Waals surface area contributed by atoms with E-state index in [0.717, 1.165) is 30.5 Å². The molecule has 2 atom stereocenters. The Hall–Kier alpha value is -2.39. The molecule has 3 nitrogen and oxygen atoms in total. The number of halogens is 1. The number of allylic oxidation sites excluding steroid dienone is 1. The van der Waals surface area contributed by atoms with Crippen molar-refractivity contribution in [3.05, 3.63) is 76.4 Å². The van der Waals surface area contributed by atoms with E-state index in [1.165, 1.54) is 22.3 Å². The van der Waals surface area contributed by atoms with E-state index < -0.39 is 0 Å². The number of carbonyl (C=O) groups is 1. The summed E-state index contributed by atoms with van der Waals surface area (Å²) >= 11 is 5.91. The number of aryl methyl sites for hydroxylation is 2. The summed E-state index contributed by atoms with van der Waals surface area (Å²) in [5.41, 5.74) is 7.06. The van der Waals surface area contributed by atoms with Gasteiger partial charge in [-0.3, -0.25) is 4.79 Å². The van der Waals surface area contributed by atoms with Crippen LogP contribution in [0.25, 0.3) is 6.08 Å². The number of benzene rings is 2. The average molecular weight is 393 g/mol. The molecule has 1 aliphatic heterocycles. The fourth-order valence-electron chi connectivity index (χ4n) is 4.23. The van der Waals surface area contributed by atoms with Crippen LogP contribution < -0.4 is 0 Å². The van der Waals surface area contributed by atoms with Gasteiger partial charge in [0.05, 0.1) is 11.8 Å². The Bertz CT molecular complexity index is 928. The Labute approximate surface area is 171 Å². The van der Waals surface area contributed by atoms with Crippen molar-refractivity contribution in [2.45, 2.75) is 39.2 Å². The maximum Gasteiger partial charge on any atom is 0.258 e. The van der Waals surface area contributed by atoms with Crippen molar-refractivity contribution < 1.29 is 4.79 Å². The molecule has 4 heteroatoms. The molecule has 144 valence electrons. The van der Waals surface area contributed by atoms with Crippen LogP contribution in [0.5, 0.6) is 0 Å². The van der Waals surface area contributed by atoms with Gasteiger partial charge >= 0.3 is 0 Å². The predicted molar refractivity (Wildman–Crippen MR) is 115 cm³/mol. The van der Waals surface area contributed by atoms with E-state index >= 15 is 0 Å². The van der Waals surface area contributed by atoms with E-state index in [1.807, 2.05) is 0 Å². The second-order valence-corrected chi connectivity index (χ2v) is 8.06. The van der Waals surface area contributed by atoms with Crippen molar-refractivity contribution in [2.75, 3.05) is 5.88 Å². The fourth-order valence-corrected chi connectivity index (χ4v) is 4.35. The number of hydrogen-bond acceptors (Lipinski definition) is 2. The van der Waals surface area contributed by atoms with Crippen molar-refractivity contribution in [3.8, 4) is 0 Å². The van der Waals surface area contributed by atoms with Gasteiger partial charge < -0.3 is 0 Å². The molecule has 28 heavy (non-hydrogen) atoms. The van der Waals surface area contributed by atoms with E-state index in [4.69, 9.17) is 16.7 Å². The molecule has 0 aromatic heterocycles. The van der Waals surface area contributed by atoms with Crippen LogP contribution in [0.4, 0.5) is 0 Å². The number of fused-ring (bicyclic) bond motifs is 1. The number of hydrazone groups is 1. The Morgan fingerprint density at radius 3 is 2.39 bits per heavy atom. The zero-order valence-corrected chi connectivity index (χ0v) is 17.1. The number of nitrogens with zero attached hydrogens (tertiary/aromatic N) is 2. The molecular formula is C24H25ClN2O. The highest BCUT2D eigenvalue weighted by Crippen LogP contribution is 2.44. The molecule has 0 saturated heterocycles. The maximum absolute atomic E-state index is 12.6. The molecule has 0 bridgehead atoms. The summed E-state index contributed by atoms with van der Waals surface area (Å²) < 4.78 is 0. The molecule has 1 saturated carbocycles. The van der Waals surface area contributed by atoms with Crippen LogP contribution in [0.15, 0.2) is 59.2 Å². The zero-order chi connectivity index (χ0) is 19.7. The molecule has 0 radical (unpaired) electrons. The highest BCUT2D eigenvalue weighted by molar-refractivity contribution is 6.27. The van der Waals surface area contributed by atoms with Crippen LogP contribution in [0.3, 0.4) is 0 Å². The lowest BCUT2D eigenvalue weighted by atomic mass is 9.77. The van der Waals surface area contributed by atoms with E-state index in [2.05, 4.69) is 68.5 Å².